The van der Waals surface area contributed by atoms with E-state index in [-0.39, 0.29) is 0 Å². The third kappa shape index (κ3) is 6.04. The Morgan fingerprint density at radius 2 is 0.807 bits per heavy atom. The first-order valence-electron chi connectivity index (χ1n) is 19.9. The van der Waals surface area contributed by atoms with Crippen LogP contribution in [0.4, 0.5) is 0 Å². The van der Waals surface area contributed by atoms with Gasteiger partial charge < -0.3 is 9.13 Å². The van der Waals surface area contributed by atoms with E-state index in [2.05, 4.69) is 221 Å². The first kappa shape index (κ1) is 36.6. The maximum atomic E-state index is 2.48. The van der Waals surface area contributed by atoms with Gasteiger partial charge in [0.2, 0.25) is 0 Å². The van der Waals surface area contributed by atoms with E-state index in [9.17, 15) is 0 Å². The summed E-state index contributed by atoms with van der Waals surface area (Å²) in [4.78, 5) is 2.77. The van der Waals surface area contributed by atoms with Gasteiger partial charge in [-0.2, -0.15) is 10.0 Å². The number of benzene rings is 7. The molecule has 0 saturated carbocycles. The Morgan fingerprint density at radius 1 is 0.421 bits per heavy atom. The molecule has 9 aromatic rings. The topological polar surface area (TPSA) is 9.86 Å². The second kappa shape index (κ2) is 14.2. The maximum Gasteiger partial charge on any atom is 0.0541 e. The molecule has 0 aliphatic heterocycles. The van der Waals surface area contributed by atoms with Crippen LogP contribution in [0.15, 0.2) is 161 Å². The van der Waals surface area contributed by atoms with Gasteiger partial charge in [-0.3, -0.25) is 0 Å². The lowest BCUT2D eigenvalue weighted by molar-refractivity contribution is 1.05. The summed E-state index contributed by atoms with van der Waals surface area (Å²) < 4.78 is 4.85. The molecule has 0 N–H and O–H groups in total. The molecule has 0 fully saturated rings. The van der Waals surface area contributed by atoms with E-state index in [1.54, 1.807) is 0 Å². The summed E-state index contributed by atoms with van der Waals surface area (Å²) >= 11 is 0. The highest BCUT2D eigenvalue weighted by Crippen LogP contribution is 2.58. The zero-order chi connectivity index (χ0) is 39.6. The number of fused-ring (bicyclic) bond motifs is 4. The highest BCUT2D eigenvalue weighted by Gasteiger charge is 2.23. The molecule has 282 valence electrons. The van der Waals surface area contributed by atoms with Crippen molar-refractivity contribution in [3.8, 4) is 33.6 Å². The van der Waals surface area contributed by atoms with Crippen LogP contribution in [-0.4, -0.2) is 21.6 Å². The van der Waals surface area contributed by atoms with Gasteiger partial charge in [0.25, 0.3) is 0 Å². The molecule has 3 heteroatoms. The summed E-state index contributed by atoms with van der Waals surface area (Å²) in [6, 6.07) is 54.6. The Balaban J connectivity index is 1.13. The SMILES string of the molecule is C/C=C\c1c(C)n(-c2ccc(C)c(-c3cc(S(C)(C)c4ccc(C)c(-c5cc(-n6c7ccccc7c7ccccc76)ccc5C)c4)ccc3C)c2)c2ccccc12. The van der Waals surface area contributed by atoms with E-state index in [1.807, 2.05) is 0 Å². The minimum absolute atomic E-state index is 1.19. The van der Waals surface area contributed by atoms with Gasteiger partial charge in [0.05, 0.1) is 16.6 Å². The molecule has 0 spiro atoms. The first-order chi connectivity index (χ1) is 27.6. The second-order valence-corrected chi connectivity index (χ2v) is 19.6. The molecule has 0 atom stereocenters. The molecule has 57 heavy (non-hydrogen) atoms. The number of aromatic nitrogens is 2. The minimum Gasteiger partial charge on any atom is -0.313 e. The lowest BCUT2D eigenvalue weighted by Gasteiger charge is -2.34. The van der Waals surface area contributed by atoms with E-state index >= 15 is 0 Å². The normalized spacial score (nSPS) is 12.4. The molecule has 0 aliphatic carbocycles. The Bertz CT molecular complexity index is 3000. The van der Waals surface area contributed by atoms with Gasteiger partial charge in [-0.15, -0.1) is 0 Å². The molecule has 7 aromatic carbocycles. The number of hydrogen-bond acceptors (Lipinski definition) is 0. The van der Waals surface area contributed by atoms with Crippen LogP contribution in [0.25, 0.3) is 72.4 Å². The predicted octanol–water partition coefficient (Wildman–Crippen LogP) is 15.1. The third-order valence-electron chi connectivity index (χ3n) is 12.2. The smallest absolute Gasteiger partial charge is 0.0541 e. The summed E-state index contributed by atoms with van der Waals surface area (Å²) in [5.41, 5.74) is 18.9. The third-order valence-corrected chi connectivity index (χ3v) is 15.1. The van der Waals surface area contributed by atoms with Crippen LogP contribution in [0.5, 0.6) is 0 Å². The van der Waals surface area contributed by atoms with E-state index < -0.39 is 10.0 Å². The molecule has 9 rings (SSSR count). The molecule has 0 radical (unpaired) electrons. The van der Waals surface area contributed by atoms with Crippen LogP contribution in [0.2, 0.25) is 0 Å². The van der Waals surface area contributed by atoms with Crippen molar-refractivity contribution in [3.05, 3.63) is 185 Å². The molecule has 0 bridgehead atoms. The molecule has 2 heterocycles. The van der Waals surface area contributed by atoms with Crippen molar-refractivity contribution < 1.29 is 0 Å². The quantitative estimate of drug-likeness (QED) is 0.153. The number of allylic oxidation sites excluding steroid dienone is 1. The first-order valence-corrected chi connectivity index (χ1v) is 22.4. The summed E-state index contributed by atoms with van der Waals surface area (Å²) in [6.45, 7) is 13.3. The molecule has 0 unspecified atom stereocenters. The van der Waals surface area contributed by atoms with Crippen LogP contribution in [-0.2, 0) is 0 Å². The fourth-order valence-electron chi connectivity index (χ4n) is 8.93. The number of hydrogen-bond donors (Lipinski definition) is 0. The Labute approximate surface area is 339 Å². The zero-order valence-corrected chi connectivity index (χ0v) is 35.1. The van der Waals surface area contributed by atoms with Crippen molar-refractivity contribution in [2.24, 2.45) is 0 Å². The highest BCUT2D eigenvalue weighted by molar-refractivity contribution is 8.32. The zero-order valence-electron chi connectivity index (χ0n) is 34.3. The van der Waals surface area contributed by atoms with Gasteiger partial charge in [-0.25, -0.2) is 0 Å². The molecular weight excluding hydrogens is 709 g/mol. The van der Waals surface area contributed by atoms with Gasteiger partial charge in [0.1, 0.15) is 0 Å². The fourth-order valence-corrected chi connectivity index (χ4v) is 10.8. The maximum absolute atomic E-state index is 2.48. The van der Waals surface area contributed by atoms with Crippen molar-refractivity contribution in [1.82, 2.24) is 9.13 Å². The Kier molecular flexibility index (Phi) is 9.10. The van der Waals surface area contributed by atoms with Gasteiger partial charge in [-0.05, 0) is 175 Å². The molecule has 0 saturated heterocycles. The Hall–Kier alpha value is -6.03. The lowest BCUT2D eigenvalue weighted by atomic mass is 9.96. The molecule has 2 nitrogen and oxygen atoms in total. The molecule has 2 aromatic heterocycles. The van der Waals surface area contributed by atoms with Gasteiger partial charge in [-0.1, -0.05) is 91.0 Å². The number of nitrogens with zero attached hydrogens (tertiary/aromatic N) is 2. The largest absolute Gasteiger partial charge is 0.313 e. The van der Waals surface area contributed by atoms with Gasteiger partial charge in [0.15, 0.2) is 0 Å². The van der Waals surface area contributed by atoms with Gasteiger partial charge >= 0.3 is 0 Å². The van der Waals surface area contributed by atoms with Gasteiger partial charge in [0, 0.05) is 38.8 Å². The van der Waals surface area contributed by atoms with Crippen LogP contribution >= 0.6 is 10.0 Å². The molecule has 0 amide bonds. The van der Waals surface area contributed by atoms with Crippen LogP contribution in [0, 0.1) is 34.6 Å². The van der Waals surface area contributed by atoms with E-state index in [1.165, 1.54) is 110 Å². The summed E-state index contributed by atoms with van der Waals surface area (Å²) in [5, 5.41) is 3.85. The summed E-state index contributed by atoms with van der Waals surface area (Å²) in [7, 11) is -1.39. The van der Waals surface area contributed by atoms with E-state index in [0.717, 1.165) is 0 Å². The van der Waals surface area contributed by atoms with Crippen molar-refractivity contribution in [2.75, 3.05) is 12.5 Å². The number of rotatable bonds is 7. The average Bonchev–Trinajstić information content (AvgIpc) is 3.70. The fraction of sp³-hybridized carbons (Fsp3) is 0.148. The van der Waals surface area contributed by atoms with E-state index in [4.69, 9.17) is 0 Å². The predicted molar refractivity (Wildman–Crippen MR) is 249 cm³/mol. The van der Waals surface area contributed by atoms with Crippen molar-refractivity contribution in [3.63, 3.8) is 0 Å². The van der Waals surface area contributed by atoms with Crippen molar-refractivity contribution in [2.45, 2.75) is 51.3 Å². The van der Waals surface area contributed by atoms with Crippen LogP contribution < -0.4 is 0 Å². The molecule has 0 aliphatic rings. The van der Waals surface area contributed by atoms with Crippen LogP contribution in [0.1, 0.15) is 40.4 Å². The summed E-state index contributed by atoms with van der Waals surface area (Å²) in [5.74, 6) is 0. The summed E-state index contributed by atoms with van der Waals surface area (Å²) in [6.07, 6.45) is 9.29. The Morgan fingerprint density at radius 3 is 1.28 bits per heavy atom. The van der Waals surface area contributed by atoms with Crippen molar-refractivity contribution >= 4 is 48.8 Å². The number of aryl methyl sites for hydroxylation is 4. The number of para-hydroxylation sites is 3. The average molecular weight is 759 g/mol. The standard InChI is InChI=1S/C54H50N2S/c1-9-16-44-39(6)55(52-20-13-10-17-45(44)52)40-27-23-35(2)48(31-40)50-33-42(29-25-37(50)4)57(7,8)43-30-26-38(5)51(34-43)49-32-41(28-24-36(49)3)56-53-21-14-11-18-46(53)47-19-12-15-22-54(47)56/h9-34H,1-8H3/b16-9-. The lowest BCUT2D eigenvalue weighted by Crippen LogP contribution is -2.02. The minimum atomic E-state index is -1.39. The second-order valence-electron chi connectivity index (χ2n) is 16.0. The highest BCUT2D eigenvalue weighted by atomic mass is 32.3. The van der Waals surface area contributed by atoms with Crippen LogP contribution in [0.3, 0.4) is 0 Å². The molecular formula is C54H50N2S. The monoisotopic (exact) mass is 758 g/mol. The van der Waals surface area contributed by atoms with Crippen molar-refractivity contribution in [1.29, 1.82) is 0 Å². The van der Waals surface area contributed by atoms with E-state index in [0.29, 0.717) is 0 Å².